The van der Waals surface area contributed by atoms with Crippen molar-refractivity contribution in [1.82, 2.24) is 4.98 Å². The smallest absolute Gasteiger partial charge is 0.257 e. The molecule has 2 rings (SSSR count). The SMILES string of the molecule is C[Si](C)(C)C#Cc1cnc2c(c1)OCCO2. The quantitative estimate of drug-likeness (QED) is 0.508. The Hall–Kier alpha value is -1.47. The van der Waals surface area contributed by atoms with Crippen molar-refractivity contribution in [3.63, 3.8) is 0 Å². The summed E-state index contributed by atoms with van der Waals surface area (Å²) in [6, 6.07) is 1.90. The lowest BCUT2D eigenvalue weighted by atomic mass is 10.3. The van der Waals surface area contributed by atoms with Gasteiger partial charge in [-0.05, 0) is 0 Å². The summed E-state index contributed by atoms with van der Waals surface area (Å²) < 4.78 is 10.8. The summed E-state index contributed by atoms with van der Waals surface area (Å²) in [7, 11) is -1.34. The average Bonchev–Trinajstić information content (AvgIpc) is 2.25. The molecule has 1 aromatic rings. The molecule has 0 unspecified atom stereocenters. The molecule has 0 saturated carbocycles. The monoisotopic (exact) mass is 233 g/mol. The number of rotatable bonds is 0. The fourth-order valence-corrected chi connectivity index (χ4v) is 1.78. The molecule has 0 N–H and O–H groups in total. The van der Waals surface area contributed by atoms with Crippen LogP contribution in [0.1, 0.15) is 5.56 Å². The van der Waals surface area contributed by atoms with Crippen molar-refractivity contribution in [3.8, 4) is 23.1 Å². The van der Waals surface area contributed by atoms with Crippen molar-refractivity contribution >= 4 is 8.07 Å². The van der Waals surface area contributed by atoms with Crippen LogP contribution in [0, 0.1) is 11.5 Å². The number of nitrogens with zero attached hydrogens (tertiary/aromatic N) is 1. The molecule has 0 bridgehead atoms. The molecule has 0 aromatic carbocycles. The first-order valence-corrected chi connectivity index (χ1v) is 8.83. The molecule has 0 atom stereocenters. The second-order valence-electron chi connectivity index (χ2n) is 4.72. The van der Waals surface area contributed by atoms with Gasteiger partial charge in [-0.3, -0.25) is 0 Å². The highest BCUT2D eigenvalue weighted by Crippen LogP contribution is 2.27. The van der Waals surface area contributed by atoms with E-state index in [2.05, 4.69) is 36.1 Å². The summed E-state index contributed by atoms with van der Waals surface area (Å²) in [4.78, 5) is 4.19. The maximum absolute atomic E-state index is 5.45. The topological polar surface area (TPSA) is 31.4 Å². The van der Waals surface area contributed by atoms with Gasteiger partial charge in [-0.2, -0.15) is 0 Å². The van der Waals surface area contributed by atoms with Crippen LogP contribution < -0.4 is 9.47 Å². The van der Waals surface area contributed by atoms with Crippen LogP contribution in [0.2, 0.25) is 19.6 Å². The first kappa shape index (κ1) is 11.0. The van der Waals surface area contributed by atoms with E-state index in [1.54, 1.807) is 6.20 Å². The van der Waals surface area contributed by atoms with Crippen molar-refractivity contribution in [2.24, 2.45) is 0 Å². The minimum absolute atomic E-state index is 0.569. The molecule has 16 heavy (non-hydrogen) atoms. The Bertz CT molecular complexity index is 454. The third-order valence-corrected chi connectivity index (χ3v) is 2.85. The molecule has 0 aliphatic carbocycles. The number of pyridine rings is 1. The summed E-state index contributed by atoms with van der Waals surface area (Å²) in [6.07, 6.45) is 1.74. The minimum atomic E-state index is -1.34. The van der Waals surface area contributed by atoms with E-state index in [9.17, 15) is 0 Å². The van der Waals surface area contributed by atoms with Crippen molar-refractivity contribution < 1.29 is 9.47 Å². The molecule has 0 radical (unpaired) electrons. The fourth-order valence-electron chi connectivity index (χ4n) is 1.26. The molecule has 1 aromatic heterocycles. The van der Waals surface area contributed by atoms with Gasteiger partial charge in [0.15, 0.2) is 5.75 Å². The molecule has 2 heterocycles. The molecule has 1 aliphatic rings. The van der Waals surface area contributed by atoms with E-state index in [-0.39, 0.29) is 0 Å². The molecule has 3 nitrogen and oxygen atoms in total. The van der Waals surface area contributed by atoms with Gasteiger partial charge in [-0.25, -0.2) is 4.98 Å². The predicted molar refractivity (Wildman–Crippen MR) is 65.5 cm³/mol. The van der Waals surface area contributed by atoms with E-state index in [4.69, 9.17) is 9.47 Å². The van der Waals surface area contributed by atoms with Gasteiger partial charge in [0.25, 0.3) is 5.88 Å². The Morgan fingerprint density at radius 1 is 1.25 bits per heavy atom. The fraction of sp³-hybridized carbons (Fsp3) is 0.417. The summed E-state index contributed by atoms with van der Waals surface area (Å²) in [6.45, 7) is 7.79. The van der Waals surface area contributed by atoms with E-state index in [1.165, 1.54) is 0 Å². The molecule has 0 spiro atoms. The highest BCUT2D eigenvalue weighted by Gasteiger charge is 2.13. The van der Waals surface area contributed by atoms with Gasteiger partial charge in [0, 0.05) is 17.8 Å². The van der Waals surface area contributed by atoms with Crippen LogP contribution in [-0.2, 0) is 0 Å². The third-order valence-electron chi connectivity index (χ3n) is 1.98. The standard InChI is InChI=1S/C12H15NO2Si/c1-16(2,3)7-4-10-8-11-12(13-9-10)15-6-5-14-11/h8-9H,5-6H2,1-3H3. The maximum atomic E-state index is 5.45. The normalized spacial score (nSPS) is 13.9. The zero-order valence-electron chi connectivity index (χ0n) is 9.83. The molecule has 1 aliphatic heterocycles. The van der Waals surface area contributed by atoms with Crippen LogP contribution in [0.4, 0.5) is 0 Å². The lowest BCUT2D eigenvalue weighted by Gasteiger charge is -2.16. The van der Waals surface area contributed by atoms with Crippen molar-refractivity contribution in [3.05, 3.63) is 17.8 Å². The van der Waals surface area contributed by atoms with Gasteiger partial charge in [0.2, 0.25) is 0 Å². The van der Waals surface area contributed by atoms with Gasteiger partial charge in [-0.1, -0.05) is 25.6 Å². The highest BCUT2D eigenvalue weighted by atomic mass is 28.3. The largest absolute Gasteiger partial charge is 0.484 e. The Labute approximate surface area is 96.8 Å². The number of aromatic nitrogens is 1. The summed E-state index contributed by atoms with van der Waals surface area (Å²) in [5.74, 6) is 4.42. The lowest BCUT2D eigenvalue weighted by Crippen LogP contribution is -2.17. The molecule has 0 saturated heterocycles. The zero-order chi connectivity index (χ0) is 11.6. The van der Waals surface area contributed by atoms with Gasteiger partial charge in [-0.15, -0.1) is 5.54 Å². The number of fused-ring (bicyclic) bond motifs is 1. The number of ether oxygens (including phenoxy) is 2. The van der Waals surface area contributed by atoms with Crippen LogP contribution >= 0.6 is 0 Å². The summed E-state index contributed by atoms with van der Waals surface area (Å²) in [5.41, 5.74) is 4.19. The third kappa shape index (κ3) is 2.77. The van der Waals surface area contributed by atoms with E-state index in [0.29, 0.717) is 24.8 Å². The van der Waals surface area contributed by atoms with Gasteiger partial charge in [0.05, 0.1) is 0 Å². The van der Waals surface area contributed by atoms with Crippen molar-refractivity contribution in [2.75, 3.05) is 13.2 Å². The Morgan fingerprint density at radius 2 is 2.00 bits per heavy atom. The molecule has 84 valence electrons. The van der Waals surface area contributed by atoms with E-state index >= 15 is 0 Å². The average molecular weight is 233 g/mol. The second-order valence-corrected chi connectivity index (χ2v) is 9.47. The molecule has 4 heteroatoms. The van der Waals surface area contributed by atoms with E-state index in [0.717, 1.165) is 5.56 Å². The van der Waals surface area contributed by atoms with E-state index < -0.39 is 8.07 Å². The number of hydrogen-bond acceptors (Lipinski definition) is 3. The lowest BCUT2D eigenvalue weighted by molar-refractivity contribution is 0.164. The summed E-state index contributed by atoms with van der Waals surface area (Å²) >= 11 is 0. The Balaban J connectivity index is 2.26. The van der Waals surface area contributed by atoms with Crippen LogP contribution in [0.15, 0.2) is 12.3 Å². The molecule has 0 amide bonds. The van der Waals surface area contributed by atoms with Crippen LogP contribution in [0.25, 0.3) is 0 Å². The maximum Gasteiger partial charge on any atom is 0.257 e. The van der Waals surface area contributed by atoms with E-state index in [1.807, 2.05) is 6.07 Å². The number of hydrogen-bond donors (Lipinski definition) is 0. The van der Waals surface area contributed by atoms with Crippen molar-refractivity contribution in [2.45, 2.75) is 19.6 Å². The zero-order valence-corrected chi connectivity index (χ0v) is 10.8. The Kier molecular flexibility index (Phi) is 2.88. The van der Waals surface area contributed by atoms with Gasteiger partial charge >= 0.3 is 0 Å². The molecular weight excluding hydrogens is 218 g/mol. The van der Waals surface area contributed by atoms with Crippen LogP contribution in [0.3, 0.4) is 0 Å². The van der Waals surface area contributed by atoms with Crippen LogP contribution in [0.5, 0.6) is 11.6 Å². The van der Waals surface area contributed by atoms with Gasteiger partial charge < -0.3 is 9.47 Å². The summed E-state index contributed by atoms with van der Waals surface area (Å²) in [5, 5.41) is 0. The second kappa shape index (κ2) is 4.18. The Morgan fingerprint density at radius 3 is 2.75 bits per heavy atom. The van der Waals surface area contributed by atoms with Crippen molar-refractivity contribution in [1.29, 1.82) is 0 Å². The highest BCUT2D eigenvalue weighted by molar-refractivity contribution is 6.83. The predicted octanol–water partition coefficient (Wildman–Crippen LogP) is 2.08. The first-order valence-electron chi connectivity index (χ1n) is 5.33. The molecule has 0 fully saturated rings. The molecular formula is C12H15NO2Si. The first-order chi connectivity index (χ1) is 7.54. The van der Waals surface area contributed by atoms with Crippen LogP contribution in [-0.4, -0.2) is 26.3 Å². The van der Waals surface area contributed by atoms with Gasteiger partial charge in [0.1, 0.15) is 21.3 Å². The minimum Gasteiger partial charge on any atom is -0.484 e.